The summed E-state index contributed by atoms with van der Waals surface area (Å²) < 4.78 is 0. The summed E-state index contributed by atoms with van der Waals surface area (Å²) in [4.78, 5) is 2.34. The Hall–Kier alpha value is -1.53. The van der Waals surface area contributed by atoms with E-state index in [0.717, 1.165) is 37.4 Å². The first-order valence-electron chi connectivity index (χ1n) is 6.28. The van der Waals surface area contributed by atoms with Gasteiger partial charge >= 0.3 is 0 Å². The van der Waals surface area contributed by atoms with Crippen LogP contribution in [0.3, 0.4) is 0 Å². The van der Waals surface area contributed by atoms with Crippen LogP contribution in [0, 0.1) is 16.7 Å². The smallest absolute Gasteiger partial charge is 0.101 e. The topological polar surface area (TPSA) is 39.1 Å². The summed E-state index contributed by atoms with van der Waals surface area (Å²) in [5.74, 6) is 0. The molecule has 17 heavy (non-hydrogen) atoms. The molecule has 3 rings (SSSR count). The molecule has 1 aromatic rings. The average molecular weight is 227 g/mol. The van der Waals surface area contributed by atoms with E-state index in [9.17, 15) is 0 Å². The minimum absolute atomic E-state index is 0.473. The second kappa shape index (κ2) is 4.05. The van der Waals surface area contributed by atoms with Crippen molar-refractivity contribution in [2.45, 2.75) is 12.8 Å². The van der Waals surface area contributed by atoms with Gasteiger partial charge in [0.25, 0.3) is 0 Å². The Bertz CT molecular complexity index is 447. The number of anilines is 1. The van der Waals surface area contributed by atoms with Gasteiger partial charge in [-0.3, -0.25) is 0 Å². The SMILES string of the molecule is N#Cc1ccccc1N1CC2(CCCNC2)C1. The number of rotatable bonds is 1. The van der Waals surface area contributed by atoms with E-state index in [2.05, 4.69) is 22.4 Å². The molecule has 3 nitrogen and oxygen atoms in total. The van der Waals surface area contributed by atoms with Crippen LogP contribution < -0.4 is 10.2 Å². The second-order valence-electron chi connectivity index (χ2n) is 5.27. The molecule has 2 aliphatic heterocycles. The summed E-state index contributed by atoms with van der Waals surface area (Å²) in [5.41, 5.74) is 2.37. The Morgan fingerprint density at radius 3 is 2.82 bits per heavy atom. The highest BCUT2D eigenvalue weighted by atomic mass is 15.2. The summed E-state index contributed by atoms with van der Waals surface area (Å²) >= 11 is 0. The maximum atomic E-state index is 9.10. The first kappa shape index (κ1) is 10.6. The van der Waals surface area contributed by atoms with Crippen LogP contribution in [0.1, 0.15) is 18.4 Å². The molecule has 0 unspecified atom stereocenters. The molecule has 1 aromatic carbocycles. The third-order valence-electron chi connectivity index (χ3n) is 3.98. The summed E-state index contributed by atoms with van der Waals surface area (Å²) in [7, 11) is 0. The van der Waals surface area contributed by atoms with Gasteiger partial charge in [0.05, 0.1) is 11.3 Å². The van der Waals surface area contributed by atoms with Crippen molar-refractivity contribution < 1.29 is 0 Å². The molecule has 2 fully saturated rings. The summed E-state index contributed by atoms with van der Waals surface area (Å²) in [6.07, 6.45) is 2.61. The number of hydrogen-bond donors (Lipinski definition) is 1. The van der Waals surface area contributed by atoms with E-state index in [-0.39, 0.29) is 0 Å². The van der Waals surface area contributed by atoms with Crippen LogP contribution in [0.25, 0.3) is 0 Å². The van der Waals surface area contributed by atoms with E-state index in [1.54, 1.807) is 0 Å². The van der Waals surface area contributed by atoms with Crippen molar-refractivity contribution in [3.8, 4) is 6.07 Å². The largest absolute Gasteiger partial charge is 0.369 e. The van der Waals surface area contributed by atoms with E-state index in [4.69, 9.17) is 5.26 Å². The molecule has 1 N–H and O–H groups in total. The van der Waals surface area contributed by atoms with Gasteiger partial charge in [-0.05, 0) is 31.5 Å². The maximum absolute atomic E-state index is 9.10. The molecule has 0 bridgehead atoms. The van der Waals surface area contributed by atoms with Crippen LogP contribution in [0.2, 0.25) is 0 Å². The molecule has 0 atom stereocenters. The van der Waals surface area contributed by atoms with Crippen molar-refractivity contribution in [3.05, 3.63) is 29.8 Å². The van der Waals surface area contributed by atoms with E-state index < -0.39 is 0 Å². The molecule has 0 radical (unpaired) electrons. The number of para-hydroxylation sites is 1. The molecule has 1 spiro atoms. The van der Waals surface area contributed by atoms with Gasteiger partial charge in [0, 0.05) is 25.0 Å². The maximum Gasteiger partial charge on any atom is 0.101 e. The van der Waals surface area contributed by atoms with Gasteiger partial charge in [-0.1, -0.05) is 12.1 Å². The monoisotopic (exact) mass is 227 g/mol. The van der Waals surface area contributed by atoms with Crippen LogP contribution in [0.5, 0.6) is 0 Å². The van der Waals surface area contributed by atoms with Crippen molar-refractivity contribution in [3.63, 3.8) is 0 Å². The summed E-state index contributed by atoms with van der Waals surface area (Å²) in [5, 5.41) is 12.6. The van der Waals surface area contributed by atoms with E-state index in [0.29, 0.717) is 5.41 Å². The fourth-order valence-corrected chi connectivity index (χ4v) is 3.08. The Morgan fingerprint density at radius 1 is 1.29 bits per heavy atom. The number of piperidine rings is 1. The molecule has 0 aliphatic carbocycles. The normalized spacial score (nSPS) is 21.9. The quantitative estimate of drug-likeness (QED) is 0.794. The van der Waals surface area contributed by atoms with E-state index in [1.807, 2.05) is 18.2 Å². The summed E-state index contributed by atoms with van der Waals surface area (Å²) in [6, 6.07) is 10.2. The van der Waals surface area contributed by atoms with Gasteiger partial charge in [0.15, 0.2) is 0 Å². The van der Waals surface area contributed by atoms with Crippen molar-refractivity contribution in [2.24, 2.45) is 5.41 Å². The molecule has 0 aromatic heterocycles. The average Bonchev–Trinajstić information content (AvgIpc) is 2.37. The highest BCUT2D eigenvalue weighted by Crippen LogP contribution is 2.40. The number of nitrogens with one attached hydrogen (secondary N) is 1. The van der Waals surface area contributed by atoms with Crippen molar-refractivity contribution in [2.75, 3.05) is 31.1 Å². The first-order chi connectivity index (χ1) is 8.33. The molecular weight excluding hydrogens is 210 g/mol. The lowest BCUT2D eigenvalue weighted by Crippen LogP contribution is -2.62. The molecular formula is C14H17N3. The van der Waals surface area contributed by atoms with E-state index in [1.165, 1.54) is 12.8 Å². The lowest BCUT2D eigenvalue weighted by Gasteiger charge is -2.53. The highest BCUT2D eigenvalue weighted by molar-refractivity contribution is 5.61. The standard InChI is InChI=1S/C14H17N3/c15-8-12-4-1-2-5-13(12)17-10-14(11-17)6-3-7-16-9-14/h1-2,4-5,16H,3,6-7,9-11H2. The van der Waals surface area contributed by atoms with Gasteiger partial charge in [-0.25, -0.2) is 0 Å². The van der Waals surface area contributed by atoms with Crippen molar-refractivity contribution in [1.29, 1.82) is 5.26 Å². The summed E-state index contributed by atoms with van der Waals surface area (Å²) in [6.45, 7) is 4.49. The molecule has 2 saturated heterocycles. The lowest BCUT2D eigenvalue weighted by molar-refractivity contribution is 0.157. The molecule has 0 saturated carbocycles. The lowest BCUT2D eigenvalue weighted by atomic mass is 9.73. The van der Waals surface area contributed by atoms with Crippen LogP contribution in [-0.4, -0.2) is 26.2 Å². The van der Waals surface area contributed by atoms with Gasteiger partial charge < -0.3 is 10.2 Å². The molecule has 3 heteroatoms. The molecule has 88 valence electrons. The van der Waals surface area contributed by atoms with Gasteiger partial charge in [-0.15, -0.1) is 0 Å². The van der Waals surface area contributed by atoms with Crippen LogP contribution in [-0.2, 0) is 0 Å². The van der Waals surface area contributed by atoms with Crippen LogP contribution >= 0.6 is 0 Å². The Balaban J connectivity index is 1.74. The zero-order chi connectivity index (χ0) is 11.7. The fourth-order valence-electron chi connectivity index (χ4n) is 3.08. The predicted octanol–water partition coefficient (Wildman–Crippen LogP) is 1.75. The zero-order valence-corrected chi connectivity index (χ0v) is 9.95. The molecule has 0 amide bonds. The number of nitriles is 1. The number of nitrogens with zero attached hydrogens (tertiary/aromatic N) is 2. The fraction of sp³-hybridized carbons (Fsp3) is 0.500. The highest BCUT2D eigenvalue weighted by Gasteiger charge is 2.43. The van der Waals surface area contributed by atoms with Gasteiger partial charge in [-0.2, -0.15) is 5.26 Å². The molecule has 2 heterocycles. The number of hydrogen-bond acceptors (Lipinski definition) is 3. The van der Waals surface area contributed by atoms with E-state index >= 15 is 0 Å². The Kier molecular flexibility index (Phi) is 2.53. The van der Waals surface area contributed by atoms with Crippen molar-refractivity contribution >= 4 is 5.69 Å². The van der Waals surface area contributed by atoms with Crippen LogP contribution in [0.15, 0.2) is 24.3 Å². The van der Waals surface area contributed by atoms with Crippen LogP contribution in [0.4, 0.5) is 5.69 Å². The predicted molar refractivity (Wildman–Crippen MR) is 67.9 cm³/mol. The van der Waals surface area contributed by atoms with Gasteiger partial charge in [0.1, 0.15) is 6.07 Å². The van der Waals surface area contributed by atoms with Crippen molar-refractivity contribution in [1.82, 2.24) is 5.32 Å². The minimum atomic E-state index is 0.473. The first-order valence-corrected chi connectivity index (χ1v) is 6.28. The molecule has 2 aliphatic rings. The number of benzene rings is 1. The third-order valence-corrected chi connectivity index (χ3v) is 3.98. The Labute approximate surface area is 102 Å². The zero-order valence-electron chi connectivity index (χ0n) is 9.95. The van der Waals surface area contributed by atoms with Gasteiger partial charge in [0.2, 0.25) is 0 Å². The Morgan fingerprint density at radius 2 is 2.12 bits per heavy atom. The second-order valence-corrected chi connectivity index (χ2v) is 5.27. The third kappa shape index (κ3) is 1.79. The minimum Gasteiger partial charge on any atom is -0.369 e.